The molecule has 6 nitrogen and oxygen atoms in total. The Kier molecular flexibility index (Phi) is 3.92. The second kappa shape index (κ2) is 6.14. The Morgan fingerprint density at radius 2 is 2.00 bits per heavy atom. The Balaban J connectivity index is 1.69. The number of hydrogen-bond donors (Lipinski definition) is 1. The van der Waals surface area contributed by atoms with Crippen molar-refractivity contribution in [1.82, 2.24) is 9.80 Å². The molecule has 0 aromatic heterocycles. The van der Waals surface area contributed by atoms with Gasteiger partial charge in [0.2, 0.25) is 17.7 Å². The molecule has 0 radical (unpaired) electrons. The van der Waals surface area contributed by atoms with E-state index in [9.17, 15) is 14.4 Å². The number of amides is 3. The van der Waals surface area contributed by atoms with Crippen LogP contribution in [0.3, 0.4) is 0 Å². The van der Waals surface area contributed by atoms with Crippen LogP contribution in [0.15, 0.2) is 18.2 Å². The van der Waals surface area contributed by atoms with Crippen LogP contribution in [0.1, 0.15) is 50.7 Å². The van der Waals surface area contributed by atoms with Gasteiger partial charge in [0.25, 0.3) is 0 Å². The van der Waals surface area contributed by atoms with Gasteiger partial charge in [-0.25, -0.2) is 0 Å². The highest BCUT2D eigenvalue weighted by Crippen LogP contribution is 2.60. The van der Waals surface area contributed by atoms with Crippen molar-refractivity contribution >= 4 is 23.4 Å². The number of rotatable bonds is 4. The summed E-state index contributed by atoms with van der Waals surface area (Å²) in [5.41, 5.74) is 1.81. The zero-order chi connectivity index (χ0) is 19.6. The third-order valence-electron chi connectivity index (χ3n) is 7.32. The molecule has 1 spiro atoms. The molecule has 1 aromatic rings. The SMILES string of the molecule is CCCCN1C(=O)[C@@H]2[C@H]3CCCN3[C@]3(C(=O)Nc4c(CC)cccc43)[C@@H]2C1=O. The van der Waals surface area contributed by atoms with Crippen LogP contribution in [-0.2, 0) is 26.3 Å². The summed E-state index contributed by atoms with van der Waals surface area (Å²) >= 11 is 0. The van der Waals surface area contributed by atoms with Crippen molar-refractivity contribution in [2.24, 2.45) is 11.8 Å². The highest BCUT2D eigenvalue weighted by molar-refractivity contribution is 6.15. The molecule has 0 saturated carbocycles. The zero-order valence-electron chi connectivity index (χ0n) is 16.5. The first-order chi connectivity index (χ1) is 13.6. The quantitative estimate of drug-likeness (QED) is 0.813. The van der Waals surface area contributed by atoms with Crippen molar-refractivity contribution in [3.8, 4) is 0 Å². The van der Waals surface area contributed by atoms with Crippen molar-refractivity contribution in [3.05, 3.63) is 29.3 Å². The number of nitrogens with zero attached hydrogens (tertiary/aromatic N) is 2. The number of benzene rings is 1. The molecule has 4 aliphatic rings. The third-order valence-corrected chi connectivity index (χ3v) is 7.32. The minimum Gasteiger partial charge on any atom is -0.324 e. The summed E-state index contributed by atoms with van der Waals surface area (Å²) in [7, 11) is 0. The summed E-state index contributed by atoms with van der Waals surface area (Å²) in [5, 5.41) is 3.11. The molecule has 4 atom stereocenters. The first kappa shape index (κ1) is 17.9. The number of nitrogens with one attached hydrogen (secondary N) is 1. The summed E-state index contributed by atoms with van der Waals surface area (Å²) < 4.78 is 0. The standard InChI is InChI=1S/C22H27N3O3/c1-3-5-11-24-19(26)16-15-10-7-12-25(15)22(17(16)20(24)27)14-9-6-8-13(4-2)18(14)23-21(22)28/h6,8-9,15-17H,3-5,7,10-12H2,1-2H3,(H,23,28)/t15-,16-,17+,22+/m1/s1. The summed E-state index contributed by atoms with van der Waals surface area (Å²) in [6, 6.07) is 5.97. The molecule has 6 heteroatoms. The van der Waals surface area contributed by atoms with Crippen molar-refractivity contribution in [3.63, 3.8) is 0 Å². The predicted octanol–water partition coefficient (Wildman–Crippen LogP) is 2.28. The predicted molar refractivity (Wildman–Crippen MR) is 104 cm³/mol. The topological polar surface area (TPSA) is 69.7 Å². The molecule has 4 aliphatic heterocycles. The monoisotopic (exact) mass is 381 g/mol. The number of anilines is 1. The fourth-order valence-electron chi connectivity index (χ4n) is 6.18. The van der Waals surface area contributed by atoms with Crippen LogP contribution in [-0.4, -0.2) is 46.7 Å². The zero-order valence-corrected chi connectivity index (χ0v) is 16.5. The Bertz CT molecular complexity index is 882. The number of carbonyl (C=O) groups is 3. The molecule has 28 heavy (non-hydrogen) atoms. The van der Waals surface area contributed by atoms with E-state index in [1.807, 2.05) is 18.2 Å². The van der Waals surface area contributed by atoms with Crippen LogP contribution in [0.25, 0.3) is 0 Å². The molecule has 0 aliphatic carbocycles. The first-order valence-corrected chi connectivity index (χ1v) is 10.6. The smallest absolute Gasteiger partial charge is 0.250 e. The minimum absolute atomic E-state index is 0.0185. The number of imide groups is 1. The normalized spacial score (nSPS) is 33.6. The van der Waals surface area contributed by atoms with Gasteiger partial charge in [-0.2, -0.15) is 0 Å². The maximum absolute atomic E-state index is 13.5. The van der Waals surface area contributed by atoms with Crippen molar-refractivity contribution in [2.45, 2.75) is 57.5 Å². The van der Waals surface area contributed by atoms with Crippen molar-refractivity contribution < 1.29 is 14.4 Å². The summed E-state index contributed by atoms with van der Waals surface area (Å²) in [4.78, 5) is 44.0. The lowest BCUT2D eigenvalue weighted by atomic mass is 9.75. The van der Waals surface area contributed by atoms with E-state index in [0.717, 1.165) is 55.5 Å². The van der Waals surface area contributed by atoms with E-state index in [-0.39, 0.29) is 23.8 Å². The lowest BCUT2D eigenvalue weighted by Crippen LogP contribution is -2.54. The van der Waals surface area contributed by atoms with Gasteiger partial charge in [-0.1, -0.05) is 38.5 Å². The lowest BCUT2D eigenvalue weighted by molar-refractivity contribution is -0.145. The van der Waals surface area contributed by atoms with Crippen LogP contribution in [0.4, 0.5) is 5.69 Å². The Morgan fingerprint density at radius 3 is 2.75 bits per heavy atom. The van der Waals surface area contributed by atoms with E-state index in [1.165, 1.54) is 4.90 Å². The highest BCUT2D eigenvalue weighted by Gasteiger charge is 2.74. The Labute approximate surface area is 165 Å². The number of unbranched alkanes of at least 4 members (excludes halogenated alkanes) is 1. The minimum atomic E-state index is -1.03. The van der Waals surface area contributed by atoms with Gasteiger partial charge >= 0.3 is 0 Å². The van der Waals surface area contributed by atoms with Gasteiger partial charge in [0, 0.05) is 23.8 Å². The number of carbonyl (C=O) groups excluding carboxylic acids is 3. The summed E-state index contributed by atoms with van der Waals surface area (Å²) in [5.74, 6) is -1.33. The fourth-order valence-corrected chi connectivity index (χ4v) is 6.18. The number of likely N-dealkylation sites (tertiary alicyclic amines) is 1. The van der Waals surface area contributed by atoms with E-state index in [4.69, 9.17) is 0 Å². The maximum Gasteiger partial charge on any atom is 0.250 e. The molecule has 4 heterocycles. The second-order valence-corrected chi connectivity index (χ2v) is 8.50. The summed E-state index contributed by atoms with van der Waals surface area (Å²) in [6.07, 6.45) is 4.38. The number of hydrogen-bond acceptors (Lipinski definition) is 4. The molecule has 1 N–H and O–H groups in total. The van der Waals surface area contributed by atoms with E-state index < -0.39 is 17.4 Å². The van der Waals surface area contributed by atoms with Crippen molar-refractivity contribution in [2.75, 3.05) is 18.4 Å². The third kappa shape index (κ3) is 1.94. The van der Waals surface area contributed by atoms with Gasteiger partial charge in [-0.15, -0.1) is 0 Å². The van der Waals surface area contributed by atoms with Gasteiger partial charge in [0.15, 0.2) is 0 Å². The van der Waals surface area contributed by atoms with Crippen LogP contribution < -0.4 is 5.32 Å². The van der Waals surface area contributed by atoms with Crippen LogP contribution in [0.5, 0.6) is 0 Å². The maximum atomic E-state index is 13.5. The molecule has 3 amide bonds. The lowest BCUT2D eigenvalue weighted by Gasteiger charge is -2.36. The van der Waals surface area contributed by atoms with Gasteiger partial charge in [0.05, 0.1) is 11.8 Å². The second-order valence-electron chi connectivity index (χ2n) is 8.50. The number of aryl methyl sites for hydroxylation is 1. The van der Waals surface area contributed by atoms with Gasteiger partial charge in [0.1, 0.15) is 5.54 Å². The van der Waals surface area contributed by atoms with Gasteiger partial charge < -0.3 is 5.32 Å². The molecule has 0 unspecified atom stereocenters. The summed E-state index contributed by atoms with van der Waals surface area (Å²) in [6.45, 7) is 5.35. The Hall–Kier alpha value is -2.21. The van der Waals surface area contributed by atoms with E-state index in [1.54, 1.807) is 0 Å². The van der Waals surface area contributed by atoms with E-state index >= 15 is 0 Å². The van der Waals surface area contributed by atoms with Crippen LogP contribution >= 0.6 is 0 Å². The van der Waals surface area contributed by atoms with E-state index in [0.29, 0.717) is 6.54 Å². The van der Waals surface area contributed by atoms with Crippen LogP contribution in [0, 0.1) is 11.8 Å². The average molecular weight is 381 g/mol. The molecule has 3 fully saturated rings. The number of para-hydroxylation sites is 1. The highest BCUT2D eigenvalue weighted by atomic mass is 16.2. The average Bonchev–Trinajstić information content (AvgIpc) is 3.39. The van der Waals surface area contributed by atoms with Gasteiger partial charge in [-0.05, 0) is 37.8 Å². The van der Waals surface area contributed by atoms with Crippen molar-refractivity contribution in [1.29, 1.82) is 0 Å². The van der Waals surface area contributed by atoms with Crippen LogP contribution in [0.2, 0.25) is 0 Å². The first-order valence-electron chi connectivity index (χ1n) is 10.6. The molecule has 5 rings (SSSR count). The molecule has 1 aromatic carbocycles. The molecule has 148 valence electrons. The molecular formula is C22H27N3O3. The molecule has 3 saturated heterocycles. The van der Waals surface area contributed by atoms with Gasteiger partial charge in [-0.3, -0.25) is 24.2 Å². The number of fused-ring (bicyclic) bond motifs is 7. The molecule has 0 bridgehead atoms. The van der Waals surface area contributed by atoms with E-state index in [2.05, 4.69) is 24.1 Å². The Morgan fingerprint density at radius 1 is 1.18 bits per heavy atom. The molecular weight excluding hydrogens is 354 g/mol. The largest absolute Gasteiger partial charge is 0.324 e. The fraction of sp³-hybridized carbons (Fsp3) is 0.591.